The zero-order valence-electron chi connectivity index (χ0n) is 16.1. The van der Waals surface area contributed by atoms with Crippen LogP contribution in [0.3, 0.4) is 0 Å². The van der Waals surface area contributed by atoms with E-state index in [1.54, 1.807) is 0 Å². The summed E-state index contributed by atoms with van der Waals surface area (Å²) in [7, 11) is 0. The van der Waals surface area contributed by atoms with Crippen LogP contribution < -0.4 is 0 Å². The van der Waals surface area contributed by atoms with Crippen molar-refractivity contribution in [3.8, 4) is 0 Å². The summed E-state index contributed by atoms with van der Waals surface area (Å²) in [5, 5.41) is 9.63. The Labute approximate surface area is 172 Å². The van der Waals surface area contributed by atoms with Crippen LogP contribution in [0.5, 0.6) is 0 Å². The number of hydrogen-bond donors (Lipinski definition) is 0. The monoisotopic (exact) mass is 380 g/mol. The van der Waals surface area contributed by atoms with Crippen molar-refractivity contribution in [1.29, 1.82) is 0 Å². The Morgan fingerprint density at radius 3 is 1.23 bits per heavy atom. The zero-order valence-corrected chi connectivity index (χ0v) is 16.1. The first-order chi connectivity index (χ1) is 14.8. The van der Waals surface area contributed by atoms with Gasteiger partial charge in [-0.15, -0.1) is 0 Å². The maximum atomic E-state index is 5.12. The lowest BCUT2D eigenvalue weighted by Gasteiger charge is -2.11. The normalized spacial score (nSPS) is 12.0. The van der Waals surface area contributed by atoms with Crippen LogP contribution in [-0.2, 0) is 0 Å². The van der Waals surface area contributed by atoms with E-state index in [-0.39, 0.29) is 0 Å². The number of rotatable bonds is 0. The molecule has 0 amide bonds. The van der Waals surface area contributed by atoms with Crippen LogP contribution in [0.4, 0.5) is 0 Å². The highest BCUT2D eigenvalue weighted by Crippen LogP contribution is 2.35. The molecule has 0 saturated carbocycles. The molecule has 6 aromatic carbocycles. The average molecular weight is 380 g/mol. The molecule has 0 aliphatic carbocycles. The van der Waals surface area contributed by atoms with Gasteiger partial charge in [0.15, 0.2) is 0 Å². The van der Waals surface area contributed by atoms with Gasteiger partial charge in [-0.1, -0.05) is 72.8 Å². The van der Waals surface area contributed by atoms with Crippen LogP contribution in [0.25, 0.3) is 65.2 Å². The lowest BCUT2D eigenvalue weighted by atomic mass is 9.99. The van der Waals surface area contributed by atoms with Crippen molar-refractivity contribution in [2.75, 3.05) is 0 Å². The highest BCUT2D eigenvalue weighted by molar-refractivity contribution is 6.24. The Morgan fingerprint density at radius 2 is 0.767 bits per heavy atom. The summed E-state index contributed by atoms with van der Waals surface area (Å²) in [5.74, 6) is 0. The molecular formula is C28H16N2. The quantitative estimate of drug-likeness (QED) is 0.202. The molecule has 2 nitrogen and oxygen atoms in total. The largest absolute Gasteiger partial charge is 0.244 e. The van der Waals surface area contributed by atoms with Gasteiger partial charge in [-0.25, -0.2) is 9.97 Å². The molecule has 1 aromatic heterocycles. The summed E-state index contributed by atoms with van der Waals surface area (Å²) >= 11 is 0. The lowest BCUT2D eigenvalue weighted by molar-refractivity contribution is 1.43. The molecule has 7 aromatic rings. The van der Waals surface area contributed by atoms with E-state index in [9.17, 15) is 0 Å². The van der Waals surface area contributed by atoms with Crippen LogP contribution in [0.15, 0.2) is 97.1 Å². The van der Waals surface area contributed by atoms with Crippen molar-refractivity contribution in [2.45, 2.75) is 0 Å². The van der Waals surface area contributed by atoms with Gasteiger partial charge >= 0.3 is 0 Å². The van der Waals surface area contributed by atoms with E-state index in [1.165, 1.54) is 32.3 Å². The van der Waals surface area contributed by atoms with Crippen molar-refractivity contribution in [3.05, 3.63) is 97.1 Å². The molecule has 0 atom stereocenters. The lowest BCUT2D eigenvalue weighted by Crippen LogP contribution is -1.91. The highest BCUT2D eigenvalue weighted by Gasteiger charge is 2.12. The van der Waals surface area contributed by atoms with Crippen LogP contribution in [0, 0.1) is 0 Å². The first-order valence-corrected chi connectivity index (χ1v) is 10.2. The Hall–Kier alpha value is -4.04. The molecule has 0 unspecified atom stereocenters. The number of nitrogens with zero attached hydrogens (tertiary/aromatic N) is 2. The van der Waals surface area contributed by atoms with Gasteiger partial charge in [0.2, 0.25) is 0 Å². The van der Waals surface area contributed by atoms with Gasteiger partial charge in [0.1, 0.15) is 0 Å². The summed E-state index contributed by atoms with van der Waals surface area (Å²) in [5.41, 5.74) is 3.81. The van der Waals surface area contributed by atoms with E-state index in [0.717, 1.165) is 32.8 Å². The zero-order chi connectivity index (χ0) is 19.7. The standard InChI is InChI=1S/C28H16N2/c1-2-8-18-14-20-16-26-25(15-19(20)13-17(18)7-1)29-27-23-11-5-3-9-21(23)22-10-4-6-12-24(22)28(27)30-26/h1-16H. The number of benzene rings is 6. The molecule has 30 heavy (non-hydrogen) atoms. The number of aromatic nitrogens is 2. The molecule has 0 bridgehead atoms. The van der Waals surface area contributed by atoms with Crippen LogP contribution in [0.1, 0.15) is 0 Å². The summed E-state index contributed by atoms with van der Waals surface area (Å²) in [6.45, 7) is 0. The Morgan fingerprint density at radius 1 is 0.367 bits per heavy atom. The van der Waals surface area contributed by atoms with E-state index >= 15 is 0 Å². The Bertz CT molecular complexity index is 1670. The van der Waals surface area contributed by atoms with Crippen molar-refractivity contribution in [3.63, 3.8) is 0 Å². The number of fused-ring (bicyclic) bond motifs is 9. The van der Waals surface area contributed by atoms with Gasteiger partial charge in [0.05, 0.1) is 22.1 Å². The predicted octanol–water partition coefficient (Wildman–Crippen LogP) is 7.40. The molecular weight excluding hydrogens is 364 g/mol. The van der Waals surface area contributed by atoms with E-state index in [1.807, 2.05) is 0 Å². The molecule has 0 N–H and O–H groups in total. The minimum Gasteiger partial charge on any atom is -0.244 e. The summed E-state index contributed by atoms with van der Waals surface area (Å²) in [6.07, 6.45) is 0. The van der Waals surface area contributed by atoms with Gasteiger partial charge in [0.25, 0.3) is 0 Å². The topological polar surface area (TPSA) is 25.8 Å². The Balaban J connectivity index is 1.69. The third-order valence-corrected chi connectivity index (χ3v) is 6.14. The fourth-order valence-electron chi connectivity index (χ4n) is 4.72. The van der Waals surface area contributed by atoms with Gasteiger partial charge in [-0.05, 0) is 56.6 Å². The summed E-state index contributed by atoms with van der Waals surface area (Å²) < 4.78 is 0. The molecule has 1 heterocycles. The molecule has 138 valence electrons. The first-order valence-electron chi connectivity index (χ1n) is 10.2. The fourth-order valence-corrected chi connectivity index (χ4v) is 4.72. The second kappa shape index (κ2) is 5.74. The van der Waals surface area contributed by atoms with Crippen LogP contribution in [0.2, 0.25) is 0 Å². The minimum atomic E-state index is 0.936. The van der Waals surface area contributed by atoms with Crippen LogP contribution in [-0.4, -0.2) is 9.97 Å². The minimum absolute atomic E-state index is 0.936. The number of hydrogen-bond acceptors (Lipinski definition) is 2. The van der Waals surface area contributed by atoms with Crippen molar-refractivity contribution in [1.82, 2.24) is 9.97 Å². The third-order valence-electron chi connectivity index (χ3n) is 6.14. The second-order valence-corrected chi connectivity index (χ2v) is 7.90. The van der Waals surface area contributed by atoms with E-state index in [4.69, 9.17) is 9.97 Å². The van der Waals surface area contributed by atoms with E-state index in [2.05, 4.69) is 97.1 Å². The van der Waals surface area contributed by atoms with Crippen molar-refractivity contribution >= 4 is 65.2 Å². The summed E-state index contributed by atoms with van der Waals surface area (Å²) in [4.78, 5) is 10.2. The third kappa shape index (κ3) is 2.13. The predicted molar refractivity (Wildman–Crippen MR) is 127 cm³/mol. The molecule has 0 saturated heterocycles. The smallest absolute Gasteiger partial charge is 0.0979 e. The van der Waals surface area contributed by atoms with Crippen molar-refractivity contribution < 1.29 is 0 Å². The average Bonchev–Trinajstić information content (AvgIpc) is 2.80. The maximum absolute atomic E-state index is 5.12. The SMILES string of the molecule is c1ccc2cc3cc4nc5c6ccccc6c6ccccc6c5nc4cc3cc2c1. The highest BCUT2D eigenvalue weighted by atomic mass is 14.8. The van der Waals surface area contributed by atoms with Crippen LogP contribution >= 0.6 is 0 Å². The van der Waals surface area contributed by atoms with Gasteiger partial charge in [0, 0.05) is 10.8 Å². The van der Waals surface area contributed by atoms with Crippen molar-refractivity contribution in [2.24, 2.45) is 0 Å². The Kier molecular flexibility index (Phi) is 3.03. The molecule has 2 heteroatoms. The molecule has 7 rings (SSSR count). The van der Waals surface area contributed by atoms with Gasteiger partial charge < -0.3 is 0 Å². The van der Waals surface area contributed by atoms with Gasteiger partial charge in [-0.3, -0.25) is 0 Å². The molecule has 0 spiro atoms. The molecule has 0 fully saturated rings. The van der Waals surface area contributed by atoms with Gasteiger partial charge in [-0.2, -0.15) is 0 Å². The van der Waals surface area contributed by atoms with E-state index < -0.39 is 0 Å². The maximum Gasteiger partial charge on any atom is 0.0979 e. The van der Waals surface area contributed by atoms with E-state index in [0.29, 0.717) is 0 Å². The molecule has 0 aliphatic rings. The summed E-state index contributed by atoms with van der Waals surface area (Å²) in [6, 6.07) is 34.3. The molecule has 0 aliphatic heterocycles. The first kappa shape index (κ1) is 15.8. The second-order valence-electron chi connectivity index (χ2n) is 7.90. The fraction of sp³-hybridized carbons (Fsp3) is 0. The molecule has 0 radical (unpaired) electrons.